The van der Waals surface area contributed by atoms with E-state index in [4.69, 9.17) is 15.3 Å². The van der Waals surface area contributed by atoms with Crippen LogP contribution in [0.5, 0.6) is 11.5 Å². The summed E-state index contributed by atoms with van der Waals surface area (Å²) in [4.78, 5) is 32.0. The van der Waals surface area contributed by atoms with E-state index in [-0.39, 0.29) is 6.29 Å². The summed E-state index contributed by atoms with van der Waals surface area (Å²) in [5.41, 5.74) is -2.41. The Morgan fingerprint density at radius 1 is 1.12 bits per heavy atom. The highest BCUT2D eigenvalue weighted by molar-refractivity contribution is 6.08. The Kier molecular flexibility index (Phi) is 2.80. The summed E-state index contributed by atoms with van der Waals surface area (Å²) in [5.74, 6) is -5.15. The van der Waals surface area contributed by atoms with Gasteiger partial charge in [-0.1, -0.05) is 0 Å². The maximum absolute atomic E-state index is 10.8. The van der Waals surface area contributed by atoms with Crippen LogP contribution in [0.1, 0.15) is 31.1 Å². The molecule has 1 rings (SSSR count). The van der Waals surface area contributed by atoms with Crippen LogP contribution in [0, 0.1) is 0 Å². The number of aromatic hydroxyl groups is 2. The zero-order chi connectivity index (χ0) is 12.5. The van der Waals surface area contributed by atoms with E-state index in [1.807, 2.05) is 0 Å². The van der Waals surface area contributed by atoms with Crippen molar-refractivity contribution in [1.29, 1.82) is 0 Å². The highest BCUT2D eigenvalue weighted by Crippen LogP contribution is 2.33. The molecule has 0 aliphatic rings. The van der Waals surface area contributed by atoms with Crippen molar-refractivity contribution in [3.8, 4) is 11.5 Å². The summed E-state index contributed by atoms with van der Waals surface area (Å²) in [6.45, 7) is 0. The number of hydrogen-bond acceptors (Lipinski definition) is 5. The molecular formula is C9H6O7. The van der Waals surface area contributed by atoms with Crippen molar-refractivity contribution in [3.05, 3.63) is 22.8 Å². The molecule has 4 N–H and O–H groups in total. The average molecular weight is 226 g/mol. The lowest BCUT2D eigenvalue weighted by Crippen LogP contribution is -2.11. The Hall–Kier alpha value is -2.57. The van der Waals surface area contributed by atoms with Gasteiger partial charge in [-0.25, -0.2) is 9.59 Å². The monoisotopic (exact) mass is 226 g/mol. The summed E-state index contributed by atoms with van der Waals surface area (Å²) >= 11 is 0. The maximum atomic E-state index is 10.8. The van der Waals surface area contributed by atoms with Crippen LogP contribution in [0.4, 0.5) is 0 Å². The number of hydrogen-bond donors (Lipinski definition) is 4. The van der Waals surface area contributed by atoms with Crippen LogP contribution in [-0.2, 0) is 0 Å². The molecule has 0 fully saturated rings. The molecule has 0 radical (unpaired) electrons. The van der Waals surface area contributed by atoms with E-state index >= 15 is 0 Å². The van der Waals surface area contributed by atoms with Crippen LogP contribution >= 0.6 is 0 Å². The summed E-state index contributed by atoms with van der Waals surface area (Å²) in [7, 11) is 0. The number of aromatic carboxylic acids is 2. The van der Waals surface area contributed by atoms with Crippen LogP contribution in [0.2, 0.25) is 0 Å². The number of carboxylic acids is 2. The first-order valence-electron chi connectivity index (χ1n) is 3.90. The van der Waals surface area contributed by atoms with Crippen molar-refractivity contribution in [2.45, 2.75) is 0 Å². The van der Waals surface area contributed by atoms with Gasteiger partial charge in [0.05, 0.1) is 16.7 Å². The molecule has 16 heavy (non-hydrogen) atoms. The molecule has 0 spiro atoms. The quantitative estimate of drug-likeness (QED) is 0.430. The van der Waals surface area contributed by atoms with Crippen molar-refractivity contribution in [3.63, 3.8) is 0 Å². The van der Waals surface area contributed by atoms with Crippen LogP contribution in [0.15, 0.2) is 6.07 Å². The van der Waals surface area contributed by atoms with Crippen LogP contribution in [0.25, 0.3) is 0 Å². The van der Waals surface area contributed by atoms with Gasteiger partial charge in [-0.15, -0.1) is 0 Å². The molecule has 0 saturated carbocycles. The van der Waals surface area contributed by atoms with Gasteiger partial charge in [-0.2, -0.15) is 0 Å². The summed E-state index contributed by atoms with van der Waals surface area (Å²) < 4.78 is 0. The summed E-state index contributed by atoms with van der Waals surface area (Å²) in [5, 5.41) is 35.7. The van der Waals surface area contributed by atoms with Gasteiger partial charge < -0.3 is 20.4 Å². The first kappa shape index (κ1) is 11.5. The fourth-order valence-electron chi connectivity index (χ4n) is 1.19. The number of phenols is 2. The third-order valence-corrected chi connectivity index (χ3v) is 1.88. The second kappa shape index (κ2) is 3.89. The molecule has 0 aliphatic heterocycles. The summed E-state index contributed by atoms with van der Waals surface area (Å²) in [6, 6.07) is 0.564. The van der Waals surface area contributed by atoms with Crippen molar-refractivity contribution >= 4 is 18.2 Å². The van der Waals surface area contributed by atoms with Gasteiger partial charge in [0.25, 0.3) is 0 Å². The number of rotatable bonds is 3. The van der Waals surface area contributed by atoms with Gasteiger partial charge in [-0.05, 0) is 6.07 Å². The van der Waals surface area contributed by atoms with Crippen molar-refractivity contribution in [2.24, 2.45) is 0 Å². The zero-order valence-corrected chi connectivity index (χ0v) is 7.67. The minimum absolute atomic E-state index is 0.0368. The molecule has 0 bridgehead atoms. The maximum Gasteiger partial charge on any atom is 0.337 e. The number of carbonyl (C=O) groups excluding carboxylic acids is 1. The fraction of sp³-hybridized carbons (Fsp3) is 0. The van der Waals surface area contributed by atoms with E-state index in [2.05, 4.69) is 0 Å². The number of benzene rings is 1. The Balaban J connectivity index is 3.76. The van der Waals surface area contributed by atoms with E-state index in [0.717, 1.165) is 0 Å². The second-order valence-electron chi connectivity index (χ2n) is 2.81. The molecule has 0 aromatic heterocycles. The zero-order valence-electron chi connectivity index (χ0n) is 7.67. The van der Waals surface area contributed by atoms with Crippen LogP contribution in [-0.4, -0.2) is 38.7 Å². The lowest BCUT2D eigenvalue weighted by Gasteiger charge is -2.08. The Labute approximate surface area is 88.2 Å². The SMILES string of the molecule is O=Cc1c(O)c(O)cc(C(=O)O)c1C(=O)O. The van der Waals surface area contributed by atoms with E-state index in [0.29, 0.717) is 6.07 Å². The molecule has 7 nitrogen and oxygen atoms in total. The van der Waals surface area contributed by atoms with Gasteiger partial charge in [0.15, 0.2) is 17.8 Å². The number of aldehydes is 1. The molecule has 84 valence electrons. The molecule has 1 aromatic rings. The van der Waals surface area contributed by atoms with E-state index in [1.165, 1.54) is 0 Å². The van der Waals surface area contributed by atoms with E-state index < -0.39 is 40.1 Å². The molecule has 0 aliphatic carbocycles. The standard InChI is InChI=1S/C9H6O7/c10-2-4-6(9(15)16)3(8(13)14)1-5(11)7(4)12/h1-2,11-12H,(H,13,14)(H,15,16). The van der Waals surface area contributed by atoms with Crippen molar-refractivity contribution in [1.82, 2.24) is 0 Å². The molecule has 0 unspecified atom stereocenters. The lowest BCUT2D eigenvalue weighted by molar-refractivity contribution is 0.0649. The van der Waals surface area contributed by atoms with Crippen LogP contribution in [0.3, 0.4) is 0 Å². The normalized spacial score (nSPS) is 9.75. The Morgan fingerprint density at radius 2 is 1.69 bits per heavy atom. The molecule has 0 atom stereocenters. The molecule has 7 heteroatoms. The minimum atomic E-state index is -1.69. The third kappa shape index (κ3) is 1.65. The molecule has 0 saturated heterocycles. The highest BCUT2D eigenvalue weighted by Gasteiger charge is 2.25. The van der Waals surface area contributed by atoms with E-state index in [1.54, 1.807) is 0 Å². The molecular weight excluding hydrogens is 220 g/mol. The predicted octanol–water partition coefficient (Wildman–Crippen LogP) is 0.307. The number of phenolic OH excluding ortho intramolecular Hbond substituents is 2. The van der Waals surface area contributed by atoms with Crippen molar-refractivity contribution in [2.75, 3.05) is 0 Å². The number of carboxylic acid groups (broad SMARTS) is 2. The Morgan fingerprint density at radius 3 is 2.06 bits per heavy atom. The van der Waals surface area contributed by atoms with Gasteiger partial charge in [0, 0.05) is 0 Å². The fourth-order valence-corrected chi connectivity index (χ4v) is 1.19. The van der Waals surface area contributed by atoms with E-state index in [9.17, 15) is 19.5 Å². The van der Waals surface area contributed by atoms with Gasteiger partial charge in [0.2, 0.25) is 0 Å². The topological polar surface area (TPSA) is 132 Å². The first-order valence-corrected chi connectivity index (χ1v) is 3.90. The summed E-state index contributed by atoms with van der Waals surface area (Å²) in [6.07, 6.45) is -0.0368. The smallest absolute Gasteiger partial charge is 0.337 e. The third-order valence-electron chi connectivity index (χ3n) is 1.88. The van der Waals surface area contributed by atoms with Crippen molar-refractivity contribution < 1.29 is 34.8 Å². The molecule has 1 aromatic carbocycles. The first-order chi connectivity index (χ1) is 7.40. The second-order valence-corrected chi connectivity index (χ2v) is 2.81. The van der Waals surface area contributed by atoms with Gasteiger partial charge in [-0.3, -0.25) is 4.79 Å². The number of carbonyl (C=O) groups is 3. The van der Waals surface area contributed by atoms with Gasteiger partial charge in [0.1, 0.15) is 0 Å². The predicted molar refractivity (Wildman–Crippen MR) is 49.1 cm³/mol. The average Bonchev–Trinajstić information content (AvgIpc) is 2.20. The molecule has 0 heterocycles. The van der Waals surface area contributed by atoms with Gasteiger partial charge >= 0.3 is 11.9 Å². The largest absolute Gasteiger partial charge is 0.504 e. The molecule has 0 amide bonds. The Bertz CT molecular complexity index is 489. The minimum Gasteiger partial charge on any atom is -0.504 e. The lowest BCUT2D eigenvalue weighted by atomic mass is 10.00. The van der Waals surface area contributed by atoms with Crippen LogP contribution < -0.4 is 0 Å². The highest BCUT2D eigenvalue weighted by atomic mass is 16.4.